The number of allylic oxidation sites excluding steroid dienone is 1. The highest BCUT2D eigenvalue weighted by molar-refractivity contribution is 5.81. The molecule has 1 amide bonds. The van der Waals surface area contributed by atoms with Gasteiger partial charge in [0, 0.05) is 6.21 Å². The quantitative estimate of drug-likeness (QED) is 0.352. The molecule has 0 spiro atoms. The van der Waals surface area contributed by atoms with Crippen LogP contribution in [0, 0.1) is 4.91 Å². The number of hydroxylamine groups is 1. The molecule has 0 aliphatic carbocycles. The minimum Gasteiger partial charge on any atom is -0.484 e. The zero-order valence-corrected chi connectivity index (χ0v) is 14.6. The summed E-state index contributed by atoms with van der Waals surface area (Å²) >= 11 is 0. The first-order valence-electron chi connectivity index (χ1n) is 7.72. The van der Waals surface area contributed by atoms with Gasteiger partial charge in [0.15, 0.2) is 6.61 Å². The summed E-state index contributed by atoms with van der Waals surface area (Å²) in [6.45, 7) is -0.226. The lowest BCUT2D eigenvalue weighted by Crippen LogP contribution is -2.24. The molecule has 2 aromatic carbocycles. The van der Waals surface area contributed by atoms with Crippen molar-refractivity contribution in [2.75, 3.05) is 6.61 Å². The van der Waals surface area contributed by atoms with Crippen molar-refractivity contribution >= 4 is 18.2 Å². The summed E-state index contributed by atoms with van der Waals surface area (Å²) in [5.41, 5.74) is 4.05. The minimum atomic E-state index is -0.398. The SMILES string of the molecule is N.O=NN(O)Cc1ccc(OCC(=O)N/N=C/C=C/c2ccccc2)cc1. The van der Waals surface area contributed by atoms with Gasteiger partial charge in [-0.05, 0) is 29.3 Å². The van der Waals surface area contributed by atoms with E-state index in [9.17, 15) is 9.70 Å². The van der Waals surface area contributed by atoms with E-state index in [4.69, 9.17) is 9.94 Å². The van der Waals surface area contributed by atoms with E-state index in [1.54, 1.807) is 30.3 Å². The maximum absolute atomic E-state index is 11.6. The maximum atomic E-state index is 11.6. The minimum absolute atomic E-state index is 0. The van der Waals surface area contributed by atoms with Gasteiger partial charge < -0.3 is 10.9 Å². The largest absolute Gasteiger partial charge is 0.484 e. The first kappa shape index (κ1) is 21.5. The van der Waals surface area contributed by atoms with Gasteiger partial charge in [-0.3, -0.25) is 10.0 Å². The van der Waals surface area contributed by atoms with E-state index in [1.807, 2.05) is 36.4 Å². The Morgan fingerprint density at radius 1 is 1.15 bits per heavy atom. The normalized spacial score (nSPS) is 10.4. The fourth-order valence-electron chi connectivity index (χ4n) is 1.94. The number of carbonyl (C=O) groups is 1. The van der Waals surface area contributed by atoms with Crippen molar-refractivity contribution in [3.05, 3.63) is 76.7 Å². The van der Waals surface area contributed by atoms with Crippen LogP contribution >= 0.6 is 0 Å². The number of rotatable bonds is 9. The van der Waals surface area contributed by atoms with Crippen LogP contribution in [0.5, 0.6) is 5.75 Å². The van der Waals surface area contributed by atoms with Crippen LogP contribution in [0.15, 0.2) is 71.1 Å². The number of hydrogen-bond donors (Lipinski definition) is 3. The van der Waals surface area contributed by atoms with Crippen molar-refractivity contribution < 1.29 is 14.7 Å². The number of carbonyl (C=O) groups excluding carboxylic acids is 1. The monoisotopic (exact) mass is 371 g/mol. The summed E-state index contributed by atoms with van der Waals surface area (Å²) in [5, 5.41) is 15.4. The number of nitrogens with zero attached hydrogens (tertiary/aromatic N) is 3. The molecule has 0 bridgehead atoms. The molecule has 0 aliphatic rings. The maximum Gasteiger partial charge on any atom is 0.277 e. The molecule has 0 heterocycles. The molecule has 2 aromatic rings. The van der Waals surface area contributed by atoms with Gasteiger partial charge in [-0.15, -0.1) is 10.1 Å². The van der Waals surface area contributed by atoms with Crippen LogP contribution in [0.2, 0.25) is 0 Å². The average Bonchev–Trinajstić information content (AvgIpc) is 2.68. The van der Waals surface area contributed by atoms with E-state index in [0.29, 0.717) is 11.3 Å². The van der Waals surface area contributed by atoms with E-state index >= 15 is 0 Å². The standard InChI is InChI=1S/C18H18N4O4.H3N/c23-18(20-19-12-4-7-15-5-2-1-3-6-15)14-26-17-10-8-16(9-11-17)13-22(25)21-24;/h1-12,25H,13-14H2,(H,20,23);1H3/b7-4+,19-12+;. The molecule has 0 atom stereocenters. The fraction of sp³-hybridized carbons (Fsp3) is 0.111. The number of hydrazone groups is 1. The second kappa shape index (κ2) is 11.9. The lowest BCUT2D eigenvalue weighted by molar-refractivity contribution is -0.123. The molecular weight excluding hydrogens is 350 g/mol. The van der Waals surface area contributed by atoms with E-state index in [0.717, 1.165) is 5.56 Å². The van der Waals surface area contributed by atoms with Crippen LogP contribution in [0.4, 0.5) is 0 Å². The Morgan fingerprint density at radius 3 is 2.52 bits per heavy atom. The van der Waals surface area contributed by atoms with Gasteiger partial charge in [0.25, 0.3) is 5.91 Å². The second-order valence-electron chi connectivity index (χ2n) is 5.13. The number of ether oxygens (including phenoxy) is 1. The smallest absolute Gasteiger partial charge is 0.277 e. The molecule has 9 nitrogen and oxygen atoms in total. The molecule has 0 saturated carbocycles. The Morgan fingerprint density at radius 2 is 1.85 bits per heavy atom. The van der Waals surface area contributed by atoms with Crippen molar-refractivity contribution in [1.29, 1.82) is 0 Å². The first-order chi connectivity index (χ1) is 12.7. The summed E-state index contributed by atoms with van der Waals surface area (Å²) in [5.74, 6) is 0.0746. The summed E-state index contributed by atoms with van der Waals surface area (Å²) in [4.78, 5) is 21.7. The van der Waals surface area contributed by atoms with Crippen LogP contribution in [0.25, 0.3) is 6.08 Å². The zero-order valence-electron chi connectivity index (χ0n) is 14.6. The average molecular weight is 371 g/mol. The molecular formula is C18H21N5O4. The predicted molar refractivity (Wildman–Crippen MR) is 102 cm³/mol. The van der Waals surface area contributed by atoms with Crippen molar-refractivity contribution in [3.63, 3.8) is 0 Å². The number of nitrogens with one attached hydrogen (secondary N) is 1. The van der Waals surface area contributed by atoms with Gasteiger partial charge in [-0.2, -0.15) is 5.10 Å². The summed E-state index contributed by atoms with van der Waals surface area (Å²) < 4.78 is 5.32. The topological polar surface area (TPSA) is 139 Å². The Balaban J connectivity index is 0.00000364. The van der Waals surface area contributed by atoms with Gasteiger partial charge in [0.05, 0.1) is 11.8 Å². The molecule has 5 N–H and O–H groups in total. The molecule has 0 fully saturated rings. The van der Waals surface area contributed by atoms with E-state index in [1.165, 1.54) is 6.21 Å². The summed E-state index contributed by atoms with van der Waals surface area (Å²) in [7, 11) is 0. The highest BCUT2D eigenvalue weighted by Crippen LogP contribution is 2.13. The third kappa shape index (κ3) is 8.38. The van der Waals surface area contributed by atoms with E-state index in [-0.39, 0.29) is 24.5 Å². The Labute approximate surface area is 156 Å². The Kier molecular flexibility index (Phi) is 9.47. The predicted octanol–water partition coefficient (Wildman–Crippen LogP) is 2.92. The molecule has 9 heteroatoms. The summed E-state index contributed by atoms with van der Waals surface area (Å²) in [6, 6.07) is 16.2. The number of hydrogen-bond acceptors (Lipinski definition) is 7. The first-order valence-corrected chi connectivity index (χ1v) is 7.72. The molecule has 0 radical (unpaired) electrons. The van der Waals surface area contributed by atoms with Crippen LogP contribution in [0.3, 0.4) is 0 Å². The van der Waals surface area contributed by atoms with Crippen LogP contribution in [-0.2, 0) is 11.3 Å². The van der Waals surface area contributed by atoms with E-state index < -0.39 is 5.91 Å². The molecule has 0 unspecified atom stereocenters. The highest BCUT2D eigenvalue weighted by atomic mass is 16.6. The van der Waals surface area contributed by atoms with Gasteiger partial charge >= 0.3 is 0 Å². The molecule has 2 rings (SSSR count). The number of amides is 1. The van der Waals surface area contributed by atoms with Gasteiger partial charge in [0.2, 0.25) is 0 Å². The molecule has 27 heavy (non-hydrogen) atoms. The van der Waals surface area contributed by atoms with Gasteiger partial charge in [-0.1, -0.05) is 48.5 Å². The zero-order chi connectivity index (χ0) is 18.6. The van der Waals surface area contributed by atoms with Crippen molar-refractivity contribution in [2.24, 2.45) is 10.4 Å². The molecule has 0 aromatic heterocycles. The second-order valence-corrected chi connectivity index (χ2v) is 5.13. The van der Waals surface area contributed by atoms with Gasteiger partial charge in [0.1, 0.15) is 5.75 Å². The Hall–Kier alpha value is -3.56. The number of benzene rings is 2. The molecule has 0 aliphatic heterocycles. The molecule has 0 saturated heterocycles. The van der Waals surface area contributed by atoms with Crippen molar-refractivity contribution in [2.45, 2.75) is 6.54 Å². The van der Waals surface area contributed by atoms with Crippen LogP contribution in [0.1, 0.15) is 11.1 Å². The third-order valence-corrected chi connectivity index (χ3v) is 3.15. The lowest BCUT2D eigenvalue weighted by atomic mass is 10.2. The summed E-state index contributed by atoms with van der Waals surface area (Å²) in [6.07, 6.45) is 5.05. The lowest BCUT2D eigenvalue weighted by Gasteiger charge is -2.08. The third-order valence-electron chi connectivity index (χ3n) is 3.15. The Bertz CT molecular complexity index is 763. The fourth-order valence-corrected chi connectivity index (χ4v) is 1.94. The molecule has 142 valence electrons. The van der Waals surface area contributed by atoms with Crippen LogP contribution in [-0.4, -0.2) is 29.1 Å². The van der Waals surface area contributed by atoms with Gasteiger partial charge in [-0.25, -0.2) is 5.43 Å². The van der Waals surface area contributed by atoms with E-state index in [2.05, 4.69) is 15.8 Å². The highest BCUT2D eigenvalue weighted by Gasteiger charge is 2.03. The number of nitroso groups, excluding NO2 is 1. The van der Waals surface area contributed by atoms with Crippen molar-refractivity contribution in [1.82, 2.24) is 16.7 Å². The van der Waals surface area contributed by atoms with Crippen molar-refractivity contribution in [3.8, 4) is 5.75 Å². The van der Waals surface area contributed by atoms with Crippen LogP contribution < -0.4 is 16.3 Å².